The Labute approximate surface area is 285 Å². The molecule has 0 bridgehead atoms. The largest absolute Gasteiger partial charge is 0.324 e. The summed E-state index contributed by atoms with van der Waals surface area (Å²) < 4.78 is 32.2. The van der Waals surface area contributed by atoms with Gasteiger partial charge < -0.3 is 10.6 Å². The Morgan fingerprint density at radius 2 is 1.72 bits per heavy atom. The highest BCUT2D eigenvalue weighted by Crippen LogP contribution is 2.45. The average Bonchev–Trinajstić information content (AvgIpc) is 3.60. The van der Waals surface area contributed by atoms with Crippen LogP contribution in [0.3, 0.4) is 0 Å². The van der Waals surface area contributed by atoms with Crippen molar-refractivity contribution in [3.05, 3.63) is 100 Å². The molecule has 0 aliphatic carbocycles. The van der Waals surface area contributed by atoms with E-state index in [4.69, 9.17) is 16.7 Å². The van der Waals surface area contributed by atoms with Gasteiger partial charge in [-0.15, -0.1) is 11.3 Å². The Kier molecular flexibility index (Phi) is 9.24. The zero-order chi connectivity index (χ0) is 33.5. The number of hydrogen-bond donors (Lipinski definition) is 3. The molecule has 0 saturated carbocycles. The number of nitrogens with zero attached hydrogens (tertiary/aromatic N) is 2. The topological polar surface area (TPSA) is 105 Å². The number of anilines is 2. The highest BCUT2D eigenvalue weighted by molar-refractivity contribution is 7.94. The highest BCUT2D eigenvalue weighted by Gasteiger charge is 2.39. The van der Waals surface area contributed by atoms with Crippen LogP contribution in [0.5, 0.6) is 0 Å². The number of hydrogen-bond acceptors (Lipinski definition) is 6. The normalized spacial score (nSPS) is 15.1. The fourth-order valence-corrected chi connectivity index (χ4v) is 10.4. The average molecular weight is 690 g/mol. The van der Waals surface area contributed by atoms with E-state index in [-0.39, 0.29) is 11.3 Å². The number of rotatable bonds is 7. The Hall–Kier alpha value is -3.70. The first-order chi connectivity index (χ1) is 22.3. The van der Waals surface area contributed by atoms with Gasteiger partial charge in [0, 0.05) is 26.9 Å². The predicted octanol–water partition coefficient (Wildman–Crippen LogP) is 8.81. The Morgan fingerprint density at radius 3 is 2.43 bits per heavy atom. The maximum Gasteiger partial charge on any atom is 0.324 e. The summed E-state index contributed by atoms with van der Waals surface area (Å²) in [7, 11) is -3.80. The standard InChI is InChI=1S/C36H40ClN5O3S2/c1-22-9-12-28(13-10-22)42-32(21-31(41-42)36(3,4)5)40-35(43)39-27-8-6-7-25(19-27)33(24-15-17-38-18-16-24)47(44,45)34-23(2)29-20-26(37)11-14-30(29)46-34/h6-14,19-21,24,33,38H,15-18H2,1-5H3,(H2,39,40,43). The second-order valence-electron chi connectivity index (χ2n) is 13.3. The Morgan fingerprint density at radius 1 is 1.00 bits per heavy atom. The molecule has 5 aromatic rings. The van der Waals surface area contributed by atoms with Gasteiger partial charge in [-0.25, -0.2) is 17.9 Å². The van der Waals surface area contributed by atoms with Gasteiger partial charge in [-0.3, -0.25) is 5.32 Å². The quantitative estimate of drug-likeness (QED) is 0.158. The van der Waals surface area contributed by atoms with Crippen LogP contribution in [-0.4, -0.2) is 37.3 Å². The summed E-state index contributed by atoms with van der Waals surface area (Å²) in [6.07, 6.45) is 1.47. The van der Waals surface area contributed by atoms with Crippen LogP contribution in [0.15, 0.2) is 77.0 Å². The lowest BCUT2D eigenvalue weighted by Crippen LogP contribution is -2.33. The molecule has 11 heteroatoms. The molecule has 2 amide bonds. The second-order valence-corrected chi connectivity index (χ2v) is 17.1. The number of aryl methyl sites for hydroxylation is 2. The lowest BCUT2D eigenvalue weighted by Gasteiger charge is -2.31. The molecule has 0 spiro atoms. The van der Waals surface area contributed by atoms with Crippen molar-refractivity contribution in [2.24, 2.45) is 5.92 Å². The second kappa shape index (κ2) is 13.1. The Bertz CT molecular complexity index is 2040. The highest BCUT2D eigenvalue weighted by atomic mass is 35.5. The Balaban J connectivity index is 1.31. The van der Waals surface area contributed by atoms with Crippen LogP contribution in [0.1, 0.15) is 61.2 Å². The summed E-state index contributed by atoms with van der Waals surface area (Å²) in [5, 5.41) is 14.8. The number of carbonyl (C=O) groups is 1. The fourth-order valence-electron chi connectivity index (χ4n) is 6.20. The third-order valence-electron chi connectivity index (χ3n) is 8.73. The number of urea groups is 1. The molecule has 1 aliphatic rings. The number of carbonyl (C=O) groups excluding carboxylic acids is 1. The molecule has 3 heterocycles. The van der Waals surface area contributed by atoms with Crippen molar-refractivity contribution in [3.8, 4) is 5.69 Å². The summed E-state index contributed by atoms with van der Waals surface area (Å²) in [6.45, 7) is 11.6. The molecule has 1 saturated heterocycles. The number of thiophene rings is 1. The molecular weight excluding hydrogens is 650 g/mol. The first-order valence-corrected chi connectivity index (χ1v) is 18.5. The summed E-state index contributed by atoms with van der Waals surface area (Å²) in [5.74, 6) is 0.445. The van der Waals surface area contributed by atoms with E-state index in [1.54, 1.807) is 28.9 Å². The summed E-state index contributed by atoms with van der Waals surface area (Å²) in [5.41, 5.74) is 4.45. The van der Waals surface area contributed by atoms with Gasteiger partial charge in [-0.2, -0.15) is 5.10 Å². The van der Waals surface area contributed by atoms with Crippen molar-refractivity contribution >= 4 is 60.4 Å². The molecule has 0 radical (unpaired) electrons. The minimum Gasteiger partial charge on any atom is -0.317 e. The number of benzene rings is 3. The van der Waals surface area contributed by atoms with Gasteiger partial charge in [0.2, 0.25) is 0 Å². The minimum absolute atomic E-state index is 0.0850. The number of sulfone groups is 1. The maximum absolute atomic E-state index is 14.6. The maximum atomic E-state index is 14.6. The van der Waals surface area contributed by atoms with Crippen molar-refractivity contribution in [2.75, 3.05) is 23.7 Å². The van der Waals surface area contributed by atoms with Crippen LogP contribution < -0.4 is 16.0 Å². The number of amides is 2. The van der Waals surface area contributed by atoms with Crippen LogP contribution >= 0.6 is 22.9 Å². The molecule has 1 unspecified atom stereocenters. The third-order valence-corrected chi connectivity index (χ3v) is 13.1. The summed E-state index contributed by atoms with van der Waals surface area (Å²) >= 11 is 7.57. The van der Waals surface area contributed by atoms with Crippen LogP contribution in [0, 0.1) is 19.8 Å². The smallest absolute Gasteiger partial charge is 0.317 e. The van der Waals surface area contributed by atoms with E-state index in [0.717, 1.165) is 58.5 Å². The van der Waals surface area contributed by atoms with E-state index in [0.29, 0.717) is 26.3 Å². The lowest BCUT2D eigenvalue weighted by molar-refractivity contribution is 0.262. The first kappa shape index (κ1) is 33.2. The van der Waals surface area contributed by atoms with Gasteiger partial charge in [0.25, 0.3) is 0 Å². The molecule has 1 aliphatic heterocycles. The van der Waals surface area contributed by atoms with Crippen LogP contribution in [0.4, 0.5) is 16.3 Å². The van der Waals surface area contributed by atoms with Gasteiger partial charge in [0.05, 0.1) is 16.6 Å². The van der Waals surface area contributed by atoms with E-state index in [1.807, 2.05) is 62.4 Å². The molecule has 3 N–H and O–H groups in total. The van der Waals surface area contributed by atoms with Crippen molar-refractivity contribution in [2.45, 2.75) is 62.3 Å². The van der Waals surface area contributed by atoms with Crippen LogP contribution in [0.2, 0.25) is 5.02 Å². The summed E-state index contributed by atoms with van der Waals surface area (Å²) in [6, 6.07) is 22.1. The molecule has 6 rings (SSSR count). The molecule has 47 heavy (non-hydrogen) atoms. The number of aromatic nitrogens is 2. The van der Waals surface area contributed by atoms with E-state index >= 15 is 0 Å². The van der Waals surface area contributed by atoms with Crippen molar-refractivity contribution in [3.63, 3.8) is 0 Å². The van der Waals surface area contributed by atoms with E-state index in [1.165, 1.54) is 11.3 Å². The van der Waals surface area contributed by atoms with E-state index in [2.05, 4.69) is 36.7 Å². The molecular formula is C36H40ClN5O3S2. The van der Waals surface area contributed by atoms with Gasteiger partial charge in [0.15, 0.2) is 9.84 Å². The molecule has 8 nitrogen and oxygen atoms in total. The van der Waals surface area contributed by atoms with Gasteiger partial charge in [-0.05, 0) is 105 Å². The van der Waals surface area contributed by atoms with Gasteiger partial charge in [-0.1, -0.05) is 62.2 Å². The predicted molar refractivity (Wildman–Crippen MR) is 193 cm³/mol. The van der Waals surface area contributed by atoms with Crippen molar-refractivity contribution in [1.82, 2.24) is 15.1 Å². The number of fused-ring (bicyclic) bond motifs is 1. The number of halogens is 1. The van der Waals surface area contributed by atoms with Gasteiger partial charge >= 0.3 is 6.03 Å². The molecule has 246 valence electrons. The molecule has 2 aromatic heterocycles. The lowest BCUT2D eigenvalue weighted by atomic mass is 9.90. The van der Waals surface area contributed by atoms with Crippen molar-refractivity contribution < 1.29 is 13.2 Å². The van der Waals surface area contributed by atoms with Crippen LogP contribution in [0.25, 0.3) is 15.8 Å². The first-order valence-electron chi connectivity index (χ1n) is 15.8. The number of nitrogens with one attached hydrogen (secondary N) is 3. The zero-order valence-electron chi connectivity index (χ0n) is 27.2. The summed E-state index contributed by atoms with van der Waals surface area (Å²) in [4.78, 5) is 13.5. The minimum atomic E-state index is -3.80. The fraction of sp³-hybridized carbons (Fsp3) is 0.333. The van der Waals surface area contributed by atoms with Gasteiger partial charge in [0.1, 0.15) is 10.0 Å². The monoisotopic (exact) mass is 689 g/mol. The molecule has 3 aromatic carbocycles. The van der Waals surface area contributed by atoms with Crippen LogP contribution in [-0.2, 0) is 15.3 Å². The number of piperidine rings is 1. The molecule has 1 fully saturated rings. The third kappa shape index (κ3) is 6.97. The van der Waals surface area contributed by atoms with E-state index in [9.17, 15) is 13.2 Å². The van der Waals surface area contributed by atoms with Crippen molar-refractivity contribution in [1.29, 1.82) is 0 Å². The van der Waals surface area contributed by atoms with E-state index < -0.39 is 21.1 Å². The zero-order valence-corrected chi connectivity index (χ0v) is 29.6. The SMILES string of the molecule is Cc1ccc(-n2nc(C(C)(C)C)cc2NC(=O)Nc2cccc(C(C3CCNCC3)S(=O)(=O)c3sc4ccc(Cl)cc4c3C)c2)cc1. The molecule has 1 atom stereocenters.